The Balaban J connectivity index is 1.77. The number of halogens is 1. The summed E-state index contributed by atoms with van der Waals surface area (Å²) in [5.74, 6) is 2.06. The largest absolute Gasteiger partial charge is 0.490 e. The van der Waals surface area contributed by atoms with E-state index in [0.717, 1.165) is 16.9 Å². The number of benzene rings is 2. The molecule has 0 aliphatic carbocycles. The molecule has 1 unspecified atom stereocenters. The van der Waals surface area contributed by atoms with Gasteiger partial charge in [-0.3, -0.25) is 0 Å². The van der Waals surface area contributed by atoms with E-state index in [9.17, 15) is 4.79 Å². The zero-order chi connectivity index (χ0) is 27.2. The molecule has 2 aromatic carbocycles. The third-order valence-electron chi connectivity index (χ3n) is 5.81. The molecule has 1 aliphatic rings. The van der Waals surface area contributed by atoms with Crippen molar-refractivity contribution in [2.75, 3.05) is 24.3 Å². The summed E-state index contributed by atoms with van der Waals surface area (Å²) in [4.78, 5) is 17.9. The molecule has 200 valence electrons. The first-order chi connectivity index (χ1) is 18.4. The Morgan fingerprint density at radius 1 is 1.21 bits per heavy atom. The van der Waals surface area contributed by atoms with Gasteiger partial charge in [-0.05, 0) is 65.7 Å². The smallest absolute Gasteiger partial charge is 0.338 e. The van der Waals surface area contributed by atoms with E-state index in [2.05, 4.69) is 51.9 Å². The number of carbonyl (C=O) groups is 1. The average molecular weight is 600 g/mol. The Kier molecular flexibility index (Phi) is 9.17. The van der Waals surface area contributed by atoms with Crippen LogP contribution in [-0.2, 0) is 16.1 Å². The Bertz CT molecular complexity index is 1350. The number of hydrogen-bond donors (Lipinski definition) is 1. The van der Waals surface area contributed by atoms with Gasteiger partial charge >= 0.3 is 5.97 Å². The Labute approximate surface area is 235 Å². The second-order valence-corrected chi connectivity index (χ2v) is 10.7. The van der Waals surface area contributed by atoms with E-state index in [4.69, 9.17) is 19.3 Å². The molecule has 0 saturated carbocycles. The van der Waals surface area contributed by atoms with Crippen LogP contribution in [0.4, 0.5) is 5.95 Å². The Hall–Kier alpha value is -3.24. The van der Waals surface area contributed by atoms with E-state index in [1.165, 1.54) is 17.3 Å². The van der Waals surface area contributed by atoms with Gasteiger partial charge in [0.25, 0.3) is 0 Å². The summed E-state index contributed by atoms with van der Waals surface area (Å²) >= 11 is 5.22. The van der Waals surface area contributed by atoms with E-state index >= 15 is 0 Å². The number of allylic oxidation sites excluding steroid dienone is 1. The van der Waals surface area contributed by atoms with Crippen molar-refractivity contribution in [2.24, 2.45) is 0 Å². The second-order valence-electron chi connectivity index (χ2n) is 8.59. The number of hydrogen-bond acceptors (Lipinski definition) is 8. The SMILES string of the molecule is C=CCOC(=O)C1=C(C)Nc2nc(SCC)nn2C1c1cc(Br)c(OCc2ccc(C)cc2)c(OCC)c1. The summed E-state index contributed by atoms with van der Waals surface area (Å²) in [6, 6.07) is 11.4. The van der Waals surface area contributed by atoms with Gasteiger partial charge < -0.3 is 19.5 Å². The van der Waals surface area contributed by atoms with Crippen molar-refractivity contribution in [3.05, 3.63) is 81.5 Å². The van der Waals surface area contributed by atoms with Crippen LogP contribution >= 0.6 is 27.7 Å². The highest BCUT2D eigenvalue weighted by molar-refractivity contribution is 9.10. The molecule has 4 rings (SSSR count). The lowest BCUT2D eigenvalue weighted by Gasteiger charge is -2.29. The van der Waals surface area contributed by atoms with Gasteiger partial charge in [-0.15, -0.1) is 5.10 Å². The third-order valence-corrected chi connectivity index (χ3v) is 7.12. The molecule has 0 fully saturated rings. The number of rotatable bonds is 11. The molecule has 0 amide bonds. The minimum absolute atomic E-state index is 0.100. The van der Waals surface area contributed by atoms with Crippen LogP contribution in [-0.4, -0.2) is 39.7 Å². The zero-order valence-electron chi connectivity index (χ0n) is 21.9. The summed E-state index contributed by atoms with van der Waals surface area (Å²) in [7, 11) is 0. The number of thioether (sulfide) groups is 1. The summed E-state index contributed by atoms with van der Waals surface area (Å²) in [6.45, 7) is 12.4. The number of anilines is 1. The molecule has 0 spiro atoms. The van der Waals surface area contributed by atoms with Gasteiger partial charge in [0.05, 0.1) is 16.7 Å². The topological polar surface area (TPSA) is 87.5 Å². The van der Waals surface area contributed by atoms with Crippen LogP contribution in [0, 0.1) is 6.92 Å². The molecule has 1 atom stereocenters. The number of fused-ring (bicyclic) bond motifs is 1. The molecule has 0 saturated heterocycles. The van der Waals surface area contributed by atoms with E-state index < -0.39 is 12.0 Å². The van der Waals surface area contributed by atoms with Crippen LogP contribution in [0.3, 0.4) is 0 Å². The van der Waals surface area contributed by atoms with Gasteiger partial charge in [0.1, 0.15) is 19.3 Å². The van der Waals surface area contributed by atoms with Gasteiger partial charge in [0, 0.05) is 5.70 Å². The minimum atomic E-state index is -0.594. The summed E-state index contributed by atoms with van der Waals surface area (Å²) in [5.41, 5.74) is 4.08. The highest BCUT2D eigenvalue weighted by atomic mass is 79.9. The lowest BCUT2D eigenvalue weighted by Crippen LogP contribution is -2.29. The predicted molar refractivity (Wildman–Crippen MR) is 153 cm³/mol. The number of aryl methyl sites for hydroxylation is 1. The van der Waals surface area contributed by atoms with Crippen LogP contribution in [0.1, 0.15) is 43.5 Å². The number of aromatic nitrogens is 3. The molecule has 10 heteroatoms. The number of ether oxygens (including phenoxy) is 3. The normalized spacial score (nSPS) is 14.5. The van der Waals surface area contributed by atoms with Crippen LogP contribution in [0.5, 0.6) is 11.5 Å². The van der Waals surface area contributed by atoms with Gasteiger partial charge in [-0.25, -0.2) is 9.48 Å². The second kappa shape index (κ2) is 12.5. The van der Waals surface area contributed by atoms with Crippen molar-refractivity contribution < 1.29 is 19.0 Å². The van der Waals surface area contributed by atoms with Gasteiger partial charge in [-0.2, -0.15) is 4.98 Å². The fourth-order valence-electron chi connectivity index (χ4n) is 4.10. The fourth-order valence-corrected chi connectivity index (χ4v) is 5.22. The number of carbonyl (C=O) groups excluding carboxylic acids is 1. The zero-order valence-corrected chi connectivity index (χ0v) is 24.3. The average Bonchev–Trinajstić information content (AvgIpc) is 3.29. The van der Waals surface area contributed by atoms with Gasteiger partial charge in [0.15, 0.2) is 11.5 Å². The standard InChI is InChI=1S/C28H31BrN4O4S/c1-6-13-36-26(34)23-18(5)30-27-31-28(38-8-3)32-33(27)24(23)20-14-21(29)25(22(15-20)35-7-2)37-16-19-11-9-17(4)10-12-19/h6,9-12,14-15,24H,1,7-8,13,16H2,2-5H3,(H,30,31,32). The number of nitrogens with one attached hydrogen (secondary N) is 1. The highest BCUT2D eigenvalue weighted by Gasteiger charge is 2.36. The summed E-state index contributed by atoms with van der Waals surface area (Å²) in [6.07, 6.45) is 1.54. The maximum atomic E-state index is 13.2. The fraction of sp³-hybridized carbons (Fsp3) is 0.321. The van der Waals surface area contributed by atoms with Gasteiger partial charge in [0.2, 0.25) is 11.1 Å². The maximum absolute atomic E-state index is 13.2. The van der Waals surface area contributed by atoms with Crippen LogP contribution in [0.15, 0.2) is 70.0 Å². The lowest BCUT2D eigenvalue weighted by molar-refractivity contribution is -0.138. The molecular formula is C28H31BrN4O4S. The van der Waals surface area contributed by atoms with Crippen LogP contribution < -0.4 is 14.8 Å². The molecule has 1 N–H and O–H groups in total. The third kappa shape index (κ3) is 6.07. The Morgan fingerprint density at radius 3 is 2.66 bits per heavy atom. The molecule has 0 radical (unpaired) electrons. The van der Waals surface area contributed by atoms with E-state index in [1.807, 2.05) is 45.0 Å². The molecule has 1 aliphatic heterocycles. The maximum Gasteiger partial charge on any atom is 0.338 e. The number of nitrogens with zero attached hydrogens (tertiary/aromatic N) is 3. The van der Waals surface area contributed by atoms with E-state index in [-0.39, 0.29) is 6.61 Å². The van der Waals surface area contributed by atoms with Crippen molar-refractivity contribution in [1.29, 1.82) is 0 Å². The van der Waals surface area contributed by atoms with Crippen molar-refractivity contribution in [3.63, 3.8) is 0 Å². The first-order valence-corrected chi connectivity index (χ1v) is 14.1. The summed E-state index contributed by atoms with van der Waals surface area (Å²) in [5, 5.41) is 8.55. The first-order valence-electron chi connectivity index (χ1n) is 12.4. The van der Waals surface area contributed by atoms with Crippen LogP contribution in [0.25, 0.3) is 0 Å². The Morgan fingerprint density at radius 2 is 1.97 bits per heavy atom. The quantitative estimate of drug-likeness (QED) is 0.153. The van der Waals surface area contributed by atoms with E-state index in [0.29, 0.717) is 51.6 Å². The predicted octanol–water partition coefficient (Wildman–Crippen LogP) is 6.46. The number of esters is 1. The van der Waals surface area contributed by atoms with E-state index in [1.54, 1.807) is 10.8 Å². The van der Waals surface area contributed by atoms with Crippen LogP contribution in [0.2, 0.25) is 0 Å². The summed E-state index contributed by atoms with van der Waals surface area (Å²) < 4.78 is 20.1. The van der Waals surface area contributed by atoms with Crippen molar-refractivity contribution in [3.8, 4) is 11.5 Å². The molecule has 2 heterocycles. The molecule has 38 heavy (non-hydrogen) atoms. The first kappa shape index (κ1) is 27.8. The van der Waals surface area contributed by atoms with Crippen molar-refractivity contribution in [1.82, 2.24) is 14.8 Å². The molecule has 1 aromatic heterocycles. The molecule has 3 aromatic rings. The monoisotopic (exact) mass is 598 g/mol. The minimum Gasteiger partial charge on any atom is -0.490 e. The molecular weight excluding hydrogens is 568 g/mol. The lowest BCUT2D eigenvalue weighted by atomic mass is 9.95. The van der Waals surface area contributed by atoms with Crippen molar-refractivity contribution in [2.45, 2.75) is 45.5 Å². The highest BCUT2D eigenvalue weighted by Crippen LogP contribution is 2.43. The van der Waals surface area contributed by atoms with Gasteiger partial charge in [-0.1, -0.05) is 61.2 Å². The van der Waals surface area contributed by atoms with Crippen molar-refractivity contribution >= 4 is 39.6 Å². The molecule has 8 nitrogen and oxygen atoms in total. The molecule has 0 bridgehead atoms.